The number of hydrogen-bond donors (Lipinski definition) is 1. The van der Waals surface area contributed by atoms with Crippen molar-refractivity contribution in [3.05, 3.63) is 35.4 Å². The summed E-state index contributed by atoms with van der Waals surface area (Å²) in [6.07, 6.45) is -2.32. The first kappa shape index (κ1) is 17.7. The molecular formula is C17H20F3N3O2. The van der Waals surface area contributed by atoms with E-state index in [2.05, 4.69) is 5.32 Å². The molecule has 1 aliphatic heterocycles. The van der Waals surface area contributed by atoms with Crippen molar-refractivity contribution in [2.75, 3.05) is 32.7 Å². The second kappa shape index (κ2) is 7.03. The van der Waals surface area contributed by atoms with Gasteiger partial charge in [0.05, 0.1) is 12.1 Å². The van der Waals surface area contributed by atoms with Gasteiger partial charge in [0.25, 0.3) is 5.91 Å². The van der Waals surface area contributed by atoms with Crippen molar-refractivity contribution in [2.24, 2.45) is 0 Å². The molecule has 5 nitrogen and oxygen atoms in total. The van der Waals surface area contributed by atoms with Gasteiger partial charge in [-0.25, -0.2) is 0 Å². The molecule has 2 aliphatic rings. The van der Waals surface area contributed by atoms with E-state index in [0.717, 1.165) is 25.0 Å². The molecule has 2 fully saturated rings. The van der Waals surface area contributed by atoms with Crippen LogP contribution in [0.4, 0.5) is 13.2 Å². The zero-order valence-electron chi connectivity index (χ0n) is 13.7. The summed E-state index contributed by atoms with van der Waals surface area (Å²) in [5.41, 5.74) is -0.525. The van der Waals surface area contributed by atoms with E-state index in [9.17, 15) is 22.8 Å². The summed E-state index contributed by atoms with van der Waals surface area (Å²) in [6.45, 7) is 2.38. The summed E-state index contributed by atoms with van der Waals surface area (Å²) in [6, 6.07) is 4.59. The highest BCUT2D eigenvalue weighted by Crippen LogP contribution is 2.29. The number of hydrogen-bond acceptors (Lipinski definition) is 3. The lowest BCUT2D eigenvalue weighted by Crippen LogP contribution is -2.51. The number of benzene rings is 1. The fraction of sp³-hybridized carbons (Fsp3) is 0.529. The second-order valence-electron chi connectivity index (χ2n) is 6.49. The fourth-order valence-corrected chi connectivity index (χ4v) is 2.80. The average Bonchev–Trinajstić information content (AvgIpc) is 3.38. The third-order valence-electron chi connectivity index (χ3n) is 4.43. The summed E-state index contributed by atoms with van der Waals surface area (Å²) in [5.74, 6) is -0.277. The van der Waals surface area contributed by atoms with Gasteiger partial charge in [-0.05, 0) is 37.1 Å². The molecule has 1 aliphatic carbocycles. The SMILES string of the molecule is O=C(CN1CCN(C(=O)c2ccc(C(F)(F)F)cc2)CC1)NC1CC1. The monoisotopic (exact) mass is 355 g/mol. The van der Waals surface area contributed by atoms with Crippen molar-refractivity contribution in [1.29, 1.82) is 0 Å². The van der Waals surface area contributed by atoms with E-state index in [0.29, 0.717) is 38.8 Å². The van der Waals surface area contributed by atoms with E-state index in [1.54, 1.807) is 4.90 Å². The summed E-state index contributed by atoms with van der Waals surface area (Å²) in [5, 5.41) is 2.93. The third-order valence-corrected chi connectivity index (χ3v) is 4.43. The zero-order valence-corrected chi connectivity index (χ0v) is 13.7. The summed E-state index contributed by atoms with van der Waals surface area (Å²) in [4.78, 5) is 27.8. The number of carbonyl (C=O) groups is 2. The second-order valence-corrected chi connectivity index (χ2v) is 6.49. The molecule has 0 atom stereocenters. The van der Waals surface area contributed by atoms with Crippen LogP contribution in [0.3, 0.4) is 0 Å². The van der Waals surface area contributed by atoms with Crippen molar-refractivity contribution in [3.63, 3.8) is 0 Å². The van der Waals surface area contributed by atoms with Crippen LogP contribution in [-0.2, 0) is 11.0 Å². The third kappa shape index (κ3) is 4.72. The van der Waals surface area contributed by atoms with Crippen molar-refractivity contribution >= 4 is 11.8 Å². The van der Waals surface area contributed by atoms with Gasteiger partial charge < -0.3 is 10.2 Å². The maximum Gasteiger partial charge on any atom is 0.416 e. The van der Waals surface area contributed by atoms with Gasteiger partial charge in [0, 0.05) is 37.8 Å². The van der Waals surface area contributed by atoms with E-state index in [-0.39, 0.29) is 17.4 Å². The Morgan fingerprint density at radius 3 is 2.16 bits per heavy atom. The van der Waals surface area contributed by atoms with E-state index < -0.39 is 11.7 Å². The minimum absolute atomic E-state index is 0.00464. The first-order chi connectivity index (χ1) is 11.8. The number of carbonyl (C=O) groups excluding carboxylic acids is 2. The van der Waals surface area contributed by atoms with Crippen molar-refractivity contribution in [1.82, 2.24) is 15.1 Å². The fourth-order valence-electron chi connectivity index (χ4n) is 2.80. The molecule has 0 bridgehead atoms. The van der Waals surface area contributed by atoms with Crippen molar-refractivity contribution < 1.29 is 22.8 Å². The van der Waals surface area contributed by atoms with Gasteiger partial charge >= 0.3 is 6.18 Å². The van der Waals surface area contributed by atoms with E-state index in [4.69, 9.17) is 0 Å². The molecule has 1 saturated heterocycles. The van der Waals surface area contributed by atoms with E-state index in [1.165, 1.54) is 12.1 Å². The van der Waals surface area contributed by atoms with Crippen LogP contribution in [0.2, 0.25) is 0 Å². The van der Waals surface area contributed by atoms with Gasteiger partial charge in [0.2, 0.25) is 5.91 Å². The summed E-state index contributed by atoms with van der Waals surface area (Å²) < 4.78 is 37.7. The quantitative estimate of drug-likeness (QED) is 0.895. The van der Waals surface area contributed by atoms with Crippen LogP contribution in [0.5, 0.6) is 0 Å². The van der Waals surface area contributed by atoms with Crippen molar-refractivity contribution in [2.45, 2.75) is 25.1 Å². The Morgan fingerprint density at radius 2 is 1.64 bits per heavy atom. The van der Waals surface area contributed by atoms with Gasteiger partial charge in [0.15, 0.2) is 0 Å². The predicted molar refractivity (Wildman–Crippen MR) is 85.0 cm³/mol. The van der Waals surface area contributed by atoms with Gasteiger partial charge in [-0.1, -0.05) is 0 Å². The Morgan fingerprint density at radius 1 is 1.04 bits per heavy atom. The van der Waals surface area contributed by atoms with Crippen LogP contribution in [0.1, 0.15) is 28.8 Å². The van der Waals surface area contributed by atoms with Crippen molar-refractivity contribution in [3.8, 4) is 0 Å². The molecular weight excluding hydrogens is 335 g/mol. The number of alkyl halides is 3. The molecule has 0 aromatic heterocycles. The van der Waals surface area contributed by atoms with Crippen LogP contribution in [0.15, 0.2) is 24.3 Å². The number of nitrogens with one attached hydrogen (secondary N) is 1. The summed E-state index contributed by atoms with van der Waals surface area (Å²) >= 11 is 0. The topological polar surface area (TPSA) is 52.7 Å². The largest absolute Gasteiger partial charge is 0.416 e. The van der Waals surface area contributed by atoms with E-state index >= 15 is 0 Å². The highest BCUT2D eigenvalue weighted by molar-refractivity contribution is 5.94. The van der Waals surface area contributed by atoms with Crippen LogP contribution < -0.4 is 5.32 Å². The molecule has 25 heavy (non-hydrogen) atoms. The Kier molecular flexibility index (Phi) is 4.99. The standard InChI is InChI=1S/C17H20F3N3O2/c18-17(19,20)13-3-1-12(2-4-13)16(25)23-9-7-22(8-10-23)11-15(24)21-14-5-6-14/h1-4,14H,5-11H2,(H,21,24). The molecule has 0 spiro atoms. The smallest absolute Gasteiger partial charge is 0.352 e. The molecule has 3 rings (SSSR count). The molecule has 1 aromatic rings. The van der Waals surface area contributed by atoms with Gasteiger partial charge in [0.1, 0.15) is 0 Å². The van der Waals surface area contributed by atoms with Crippen LogP contribution in [0.25, 0.3) is 0 Å². The number of rotatable bonds is 4. The first-order valence-electron chi connectivity index (χ1n) is 8.31. The molecule has 1 aromatic carbocycles. The van der Waals surface area contributed by atoms with Crippen LogP contribution in [0, 0.1) is 0 Å². The maximum atomic E-state index is 12.6. The lowest BCUT2D eigenvalue weighted by molar-refractivity contribution is -0.137. The number of nitrogens with zero attached hydrogens (tertiary/aromatic N) is 2. The molecule has 1 heterocycles. The highest BCUT2D eigenvalue weighted by Gasteiger charge is 2.31. The zero-order chi connectivity index (χ0) is 18.0. The first-order valence-corrected chi connectivity index (χ1v) is 8.31. The van der Waals surface area contributed by atoms with E-state index in [1.807, 2.05) is 4.90 Å². The Bertz CT molecular complexity index is 634. The molecule has 0 radical (unpaired) electrons. The number of amides is 2. The minimum Gasteiger partial charge on any atom is -0.352 e. The minimum atomic E-state index is -4.41. The number of halogens is 3. The lowest BCUT2D eigenvalue weighted by atomic mass is 10.1. The Balaban J connectivity index is 1.50. The Labute approximate surface area is 143 Å². The molecule has 1 saturated carbocycles. The summed E-state index contributed by atoms with van der Waals surface area (Å²) in [7, 11) is 0. The van der Waals surface area contributed by atoms with Crippen LogP contribution >= 0.6 is 0 Å². The molecule has 2 amide bonds. The normalized spacial score (nSPS) is 18.9. The Hall–Kier alpha value is -2.09. The van der Waals surface area contributed by atoms with Gasteiger partial charge in [-0.3, -0.25) is 14.5 Å². The molecule has 8 heteroatoms. The van der Waals surface area contributed by atoms with Gasteiger partial charge in [-0.2, -0.15) is 13.2 Å². The molecule has 0 unspecified atom stereocenters. The number of piperazine rings is 1. The van der Waals surface area contributed by atoms with Gasteiger partial charge in [-0.15, -0.1) is 0 Å². The highest BCUT2D eigenvalue weighted by atomic mass is 19.4. The maximum absolute atomic E-state index is 12.6. The van der Waals surface area contributed by atoms with Crippen LogP contribution in [-0.4, -0.2) is 60.4 Å². The lowest BCUT2D eigenvalue weighted by Gasteiger charge is -2.34. The predicted octanol–water partition coefficient (Wildman–Crippen LogP) is 1.74. The average molecular weight is 355 g/mol. The molecule has 136 valence electrons. The molecule has 1 N–H and O–H groups in total.